The van der Waals surface area contributed by atoms with E-state index in [1.807, 2.05) is 19.1 Å². The van der Waals surface area contributed by atoms with Gasteiger partial charge in [0.05, 0.1) is 6.10 Å². The maximum atomic E-state index is 9.13. The van der Waals surface area contributed by atoms with Gasteiger partial charge in [0.25, 0.3) is 0 Å². The molecule has 1 aromatic carbocycles. The zero-order valence-corrected chi connectivity index (χ0v) is 10.7. The predicted octanol–water partition coefficient (Wildman–Crippen LogP) is 2.63. The normalized spacial score (nSPS) is 14.8. The van der Waals surface area contributed by atoms with E-state index in [0.29, 0.717) is 6.04 Å². The fourth-order valence-electron chi connectivity index (χ4n) is 1.58. The summed E-state index contributed by atoms with van der Waals surface area (Å²) in [6.45, 7) is 4.81. The van der Waals surface area contributed by atoms with Crippen LogP contribution in [0.4, 0.5) is 0 Å². The maximum Gasteiger partial charge on any atom is 0.0524 e. The summed E-state index contributed by atoms with van der Waals surface area (Å²) in [5.41, 5.74) is 1.28. The summed E-state index contributed by atoms with van der Waals surface area (Å²) in [6, 6.07) is 8.35. The summed E-state index contributed by atoms with van der Waals surface area (Å²) in [4.78, 5) is 0. The van der Waals surface area contributed by atoms with Crippen LogP contribution >= 0.6 is 11.6 Å². The molecule has 2 nitrogen and oxygen atoms in total. The van der Waals surface area contributed by atoms with Crippen LogP contribution in [-0.2, 0) is 6.42 Å². The van der Waals surface area contributed by atoms with Crippen LogP contribution in [0.3, 0.4) is 0 Å². The number of nitrogens with one attached hydrogen (secondary N) is 1. The average molecular weight is 242 g/mol. The number of aliphatic hydroxyl groups excluding tert-OH is 1. The standard InChI is InChI=1S/C13H20ClNO/c1-10(15-8-7-11(2)16)9-12-3-5-13(14)6-4-12/h3-6,10-11,15-16H,7-9H2,1-2H3. The van der Waals surface area contributed by atoms with E-state index in [1.54, 1.807) is 0 Å². The van der Waals surface area contributed by atoms with E-state index in [4.69, 9.17) is 16.7 Å². The molecule has 2 N–H and O–H groups in total. The van der Waals surface area contributed by atoms with Crippen molar-refractivity contribution in [3.63, 3.8) is 0 Å². The third-order valence-electron chi connectivity index (χ3n) is 2.51. The van der Waals surface area contributed by atoms with Gasteiger partial charge in [-0.2, -0.15) is 0 Å². The van der Waals surface area contributed by atoms with Crippen LogP contribution in [0.25, 0.3) is 0 Å². The van der Waals surface area contributed by atoms with Crippen LogP contribution in [0, 0.1) is 0 Å². The Morgan fingerprint density at radius 1 is 1.25 bits per heavy atom. The second-order valence-electron chi connectivity index (χ2n) is 4.32. The summed E-state index contributed by atoms with van der Waals surface area (Å²) >= 11 is 5.82. The van der Waals surface area contributed by atoms with Gasteiger partial charge in [-0.15, -0.1) is 0 Å². The molecule has 0 spiro atoms. The molecule has 0 aliphatic carbocycles. The molecule has 1 rings (SSSR count). The molecule has 0 aliphatic rings. The molecule has 2 atom stereocenters. The minimum absolute atomic E-state index is 0.227. The lowest BCUT2D eigenvalue weighted by Crippen LogP contribution is -2.30. The molecule has 0 aliphatic heterocycles. The Bertz CT molecular complexity index is 297. The van der Waals surface area contributed by atoms with Crippen LogP contribution in [-0.4, -0.2) is 23.8 Å². The molecular formula is C13H20ClNO. The third kappa shape index (κ3) is 5.50. The monoisotopic (exact) mass is 241 g/mol. The quantitative estimate of drug-likeness (QED) is 0.803. The van der Waals surface area contributed by atoms with Crippen molar-refractivity contribution in [2.75, 3.05) is 6.54 Å². The van der Waals surface area contributed by atoms with Gasteiger partial charge in [0.2, 0.25) is 0 Å². The Morgan fingerprint density at radius 3 is 2.44 bits per heavy atom. The van der Waals surface area contributed by atoms with E-state index in [2.05, 4.69) is 24.4 Å². The highest BCUT2D eigenvalue weighted by molar-refractivity contribution is 6.30. The van der Waals surface area contributed by atoms with Gasteiger partial charge in [0, 0.05) is 11.1 Å². The Kier molecular flexibility index (Phi) is 5.81. The van der Waals surface area contributed by atoms with Crippen molar-refractivity contribution in [3.8, 4) is 0 Å². The van der Waals surface area contributed by atoms with Gasteiger partial charge in [-0.3, -0.25) is 0 Å². The van der Waals surface area contributed by atoms with Gasteiger partial charge in [-0.25, -0.2) is 0 Å². The average Bonchev–Trinajstić information content (AvgIpc) is 2.21. The zero-order valence-electron chi connectivity index (χ0n) is 9.91. The molecular weight excluding hydrogens is 222 g/mol. The molecule has 0 heterocycles. The minimum atomic E-state index is -0.227. The van der Waals surface area contributed by atoms with Gasteiger partial charge < -0.3 is 10.4 Å². The van der Waals surface area contributed by atoms with Gasteiger partial charge in [-0.1, -0.05) is 23.7 Å². The lowest BCUT2D eigenvalue weighted by Gasteiger charge is -2.14. The molecule has 90 valence electrons. The molecule has 0 bridgehead atoms. The fourth-order valence-corrected chi connectivity index (χ4v) is 1.71. The molecule has 1 aromatic rings. The smallest absolute Gasteiger partial charge is 0.0524 e. The molecule has 0 radical (unpaired) electrons. The first kappa shape index (κ1) is 13.5. The summed E-state index contributed by atoms with van der Waals surface area (Å²) in [7, 11) is 0. The highest BCUT2D eigenvalue weighted by Crippen LogP contribution is 2.10. The number of hydrogen-bond donors (Lipinski definition) is 2. The molecule has 3 heteroatoms. The lowest BCUT2D eigenvalue weighted by molar-refractivity contribution is 0.182. The number of aliphatic hydroxyl groups is 1. The van der Waals surface area contributed by atoms with Crippen LogP contribution < -0.4 is 5.32 Å². The maximum absolute atomic E-state index is 9.13. The van der Waals surface area contributed by atoms with E-state index in [9.17, 15) is 0 Å². The van der Waals surface area contributed by atoms with E-state index in [1.165, 1.54) is 5.56 Å². The molecule has 16 heavy (non-hydrogen) atoms. The van der Waals surface area contributed by atoms with Gasteiger partial charge >= 0.3 is 0 Å². The van der Waals surface area contributed by atoms with E-state index < -0.39 is 0 Å². The highest BCUT2D eigenvalue weighted by Gasteiger charge is 2.03. The van der Waals surface area contributed by atoms with Crippen LogP contribution in [0.15, 0.2) is 24.3 Å². The lowest BCUT2D eigenvalue weighted by atomic mass is 10.1. The Balaban J connectivity index is 2.28. The number of hydrogen-bond acceptors (Lipinski definition) is 2. The molecule has 0 amide bonds. The second kappa shape index (κ2) is 6.89. The number of halogens is 1. The largest absolute Gasteiger partial charge is 0.393 e. The van der Waals surface area contributed by atoms with Crippen LogP contribution in [0.1, 0.15) is 25.8 Å². The SMILES string of the molecule is CC(O)CCNC(C)Cc1ccc(Cl)cc1. The van der Waals surface area contributed by atoms with E-state index in [-0.39, 0.29) is 6.10 Å². The molecule has 0 saturated carbocycles. The van der Waals surface area contributed by atoms with Crippen molar-refractivity contribution in [3.05, 3.63) is 34.9 Å². The van der Waals surface area contributed by atoms with Crippen molar-refractivity contribution in [1.29, 1.82) is 0 Å². The highest BCUT2D eigenvalue weighted by atomic mass is 35.5. The van der Waals surface area contributed by atoms with Crippen molar-refractivity contribution < 1.29 is 5.11 Å². The third-order valence-corrected chi connectivity index (χ3v) is 2.76. The number of benzene rings is 1. The predicted molar refractivity (Wildman–Crippen MR) is 68.9 cm³/mol. The van der Waals surface area contributed by atoms with E-state index in [0.717, 1.165) is 24.4 Å². The summed E-state index contributed by atoms with van der Waals surface area (Å²) in [5.74, 6) is 0. The van der Waals surface area contributed by atoms with Crippen LogP contribution in [0.5, 0.6) is 0 Å². The van der Waals surface area contributed by atoms with E-state index >= 15 is 0 Å². The summed E-state index contributed by atoms with van der Waals surface area (Å²) in [5, 5.41) is 13.3. The van der Waals surface area contributed by atoms with Gasteiger partial charge in [0.1, 0.15) is 0 Å². The molecule has 2 unspecified atom stereocenters. The molecule has 0 fully saturated rings. The first-order valence-electron chi connectivity index (χ1n) is 5.74. The van der Waals surface area contributed by atoms with Crippen molar-refractivity contribution >= 4 is 11.6 Å². The van der Waals surface area contributed by atoms with Gasteiger partial charge in [0.15, 0.2) is 0 Å². The Hall–Kier alpha value is -0.570. The second-order valence-corrected chi connectivity index (χ2v) is 4.76. The first-order chi connectivity index (χ1) is 7.58. The topological polar surface area (TPSA) is 32.3 Å². The Morgan fingerprint density at radius 2 is 1.88 bits per heavy atom. The zero-order chi connectivity index (χ0) is 12.0. The van der Waals surface area contributed by atoms with Crippen LogP contribution in [0.2, 0.25) is 5.02 Å². The van der Waals surface area contributed by atoms with Crippen molar-refractivity contribution in [2.45, 2.75) is 38.8 Å². The Labute approximate surface area is 103 Å². The fraction of sp³-hybridized carbons (Fsp3) is 0.538. The van der Waals surface area contributed by atoms with Crippen molar-refractivity contribution in [2.24, 2.45) is 0 Å². The minimum Gasteiger partial charge on any atom is -0.393 e. The number of rotatable bonds is 6. The van der Waals surface area contributed by atoms with Gasteiger partial charge in [-0.05, 0) is 50.9 Å². The molecule has 0 saturated heterocycles. The summed E-state index contributed by atoms with van der Waals surface area (Å²) in [6.07, 6.45) is 1.55. The molecule has 0 aromatic heterocycles. The van der Waals surface area contributed by atoms with Crippen molar-refractivity contribution in [1.82, 2.24) is 5.32 Å². The first-order valence-corrected chi connectivity index (χ1v) is 6.11. The summed E-state index contributed by atoms with van der Waals surface area (Å²) < 4.78 is 0.